The summed E-state index contributed by atoms with van der Waals surface area (Å²) < 4.78 is 6.25. The Morgan fingerprint density at radius 2 is 2.10 bits per heavy atom. The van der Waals surface area contributed by atoms with Gasteiger partial charge in [-0.1, -0.05) is 38.1 Å². The molecule has 3 aliphatic heterocycles. The topological polar surface area (TPSA) is 78.5 Å². The van der Waals surface area contributed by atoms with Crippen LogP contribution in [-0.2, 0) is 20.9 Å². The number of rotatable bonds is 5. The first-order valence-corrected chi connectivity index (χ1v) is 10.4. The fourth-order valence-corrected chi connectivity index (χ4v) is 5.00. The van der Waals surface area contributed by atoms with E-state index in [2.05, 4.69) is 36.2 Å². The zero-order valence-corrected chi connectivity index (χ0v) is 17.4. The molecule has 3 aliphatic rings. The number of hydrogen-bond donors (Lipinski definition) is 1. The molecule has 2 fully saturated rings. The van der Waals surface area contributed by atoms with Crippen molar-refractivity contribution in [3.05, 3.63) is 59.9 Å². The highest BCUT2D eigenvalue weighted by molar-refractivity contribution is 6.03. The van der Waals surface area contributed by atoms with Crippen LogP contribution in [0.25, 0.3) is 0 Å². The summed E-state index contributed by atoms with van der Waals surface area (Å²) in [7, 11) is 1.76. The van der Waals surface area contributed by atoms with E-state index in [1.54, 1.807) is 23.0 Å². The maximum absolute atomic E-state index is 13.5. The van der Waals surface area contributed by atoms with Crippen molar-refractivity contribution in [3.63, 3.8) is 0 Å². The van der Waals surface area contributed by atoms with E-state index in [-0.39, 0.29) is 17.9 Å². The summed E-state index contributed by atoms with van der Waals surface area (Å²) in [4.78, 5) is 30.2. The van der Waals surface area contributed by atoms with Gasteiger partial charge in [0.25, 0.3) is 0 Å². The summed E-state index contributed by atoms with van der Waals surface area (Å²) in [5.41, 5.74) is 2.22. The van der Waals surface area contributed by atoms with Crippen molar-refractivity contribution < 1.29 is 14.3 Å². The number of anilines is 1. The number of carbonyl (C=O) groups is 2. The van der Waals surface area contributed by atoms with Gasteiger partial charge in [-0.15, -0.1) is 0 Å². The Balaban J connectivity index is 1.40. The van der Waals surface area contributed by atoms with Crippen LogP contribution in [0.2, 0.25) is 0 Å². The van der Waals surface area contributed by atoms with Crippen LogP contribution in [0, 0.1) is 11.8 Å². The van der Waals surface area contributed by atoms with Gasteiger partial charge in [0.2, 0.25) is 11.8 Å². The molecule has 2 bridgehead atoms. The second kappa shape index (κ2) is 6.80. The summed E-state index contributed by atoms with van der Waals surface area (Å²) in [6.45, 7) is 5.15. The van der Waals surface area contributed by atoms with E-state index in [0.717, 1.165) is 11.4 Å². The third-order valence-corrected chi connectivity index (χ3v) is 6.60. The van der Waals surface area contributed by atoms with Crippen LogP contribution >= 0.6 is 0 Å². The number of H-pyrrole nitrogens is 1. The molecule has 2 aromatic rings. The van der Waals surface area contributed by atoms with Crippen molar-refractivity contribution in [1.29, 1.82) is 0 Å². The van der Waals surface area contributed by atoms with Gasteiger partial charge in [0.1, 0.15) is 5.60 Å². The third kappa shape index (κ3) is 2.80. The molecular weight excluding hydrogens is 380 g/mol. The standard InChI is InChI=1S/C23H26N4O3/c1-14(2)15-4-6-17(7-5-15)27-13-23-10-8-18(30-23)19(20(23)22(27)29)21(28)26(3)12-16-9-11-24-25-16/h4-11,14,18-20H,12-13H2,1-3H3,(H,24,25)/t18-,19-,20-,23-/m0/s1. The molecule has 4 atom stereocenters. The quantitative estimate of drug-likeness (QED) is 0.774. The van der Waals surface area contributed by atoms with Gasteiger partial charge in [0.15, 0.2) is 0 Å². The zero-order valence-electron chi connectivity index (χ0n) is 17.4. The predicted octanol–water partition coefficient (Wildman–Crippen LogP) is 2.48. The molecule has 0 aliphatic carbocycles. The number of hydrogen-bond acceptors (Lipinski definition) is 4. The third-order valence-electron chi connectivity index (χ3n) is 6.60. The van der Waals surface area contributed by atoms with Crippen LogP contribution in [0.15, 0.2) is 48.7 Å². The van der Waals surface area contributed by atoms with Gasteiger partial charge in [0, 0.05) is 18.9 Å². The second-order valence-corrected chi connectivity index (χ2v) is 8.85. The van der Waals surface area contributed by atoms with E-state index in [0.29, 0.717) is 19.0 Å². The zero-order chi connectivity index (χ0) is 21.0. The normalized spacial score (nSPS) is 29.1. The van der Waals surface area contributed by atoms with Gasteiger partial charge in [-0.2, -0.15) is 5.10 Å². The average molecular weight is 406 g/mol. The van der Waals surface area contributed by atoms with Crippen molar-refractivity contribution in [1.82, 2.24) is 15.1 Å². The Kier molecular flexibility index (Phi) is 4.32. The maximum Gasteiger partial charge on any atom is 0.234 e. The molecule has 1 N–H and O–H groups in total. The van der Waals surface area contributed by atoms with Crippen LogP contribution in [0.1, 0.15) is 31.0 Å². The van der Waals surface area contributed by atoms with Crippen LogP contribution < -0.4 is 4.90 Å². The monoisotopic (exact) mass is 406 g/mol. The lowest BCUT2D eigenvalue weighted by Crippen LogP contribution is -2.44. The average Bonchev–Trinajstić information content (AvgIpc) is 3.50. The Hall–Kier alpha value is -2.93. The first-order chi connectivity index (χ1) is 14.4. The highest BCUT2D eigenvalue weighted by Gasteiger charge is 2.67. The molecule has 7 nitrogen and oxygen atoms in total. The van der Waals surface area contributed by atoms with E-state index in [1.165, 1.54) is 5.56 Å². The Morgan fingerprint density at radius 3 is 2.77 bits per heavy atom. The number of aromatic nitrogens is 2. The molecule has 1 aromatic carbocycles. The minimum atomic E-state index is -0.715. The number of nitrogens with one attached hydrogen (secondary N) is 1. The van der Waals surface area contributed by atoms with Crippen molar-refractivity contribution in [2.24, 2.45) is 11.8 Å². The molecule has 2 amide bonds. The molecule has 156 valence electrons. The van der Waals surface area contributed by atoms with Gasteiger partial charge < -0.3 is 14.5 Å². The molecule has 1 spiro atoms. The van der Waals surface area contributed by atoms with Crippen LogP contribution in [0.3, 0.4) is 0 Å². The van der Waals surface area contributed by atoms with Gasteiger partial charge in [-0.3, -0.25) is 14.7 Å². The summed E-state index contributed by atoms with van der Waals surface area (Å²) in [6, 6.07) is 9.94. The van der Waals surface area contributed by atoms with Crippen LogP contribution in [0.5, 0.6) is 0 Å². The molecule has 0 unspecified atom stereocenters. The summed E-state index contributed by atoms with van der Waals surface area (Å²) in [5, 5.41) is 6.81. The molecule has 7 heteroatoms. The number of aromatic amines is 1. The molecule has 0 radical (unpaired) electrons. The molecule has 1 aromatic heterocycles. The van der Waals surface area contributed by atoms with Crippen molar-refractivity contribution in [3.8, 4) is 0 Å². The highest BCUT2D eigenvalue weighted by atomic mass is 16.5. The molecular formula is C23H26N4O3. The second-order valence-electron chi connectivity index (χ2n) is 8.85. The molecule has 2 saturated heterocycles. The van der Waals surface area contributed by atoms with Gasteiger partial charge in [-0.25, -0.2) is 0 Å². The van der Waals surface area contributed by atoms with E-state index in [1.807, 2.05) is 30.4 Å². The van der Waals surface area contributed by atoms with Crippen molar-refractivity contribution in [2.75, 3.05) is 18.5 Å². The lowest BCUT2D eigenvalue weighted by Gasteiger charge is -2.27. The SMILES string of the molecule is CC(C)c1ccc(N2C[C@]34C=C[C@H](O3)[C@H](C(=O)N(C)Cc3ccn[nH]3)[C@H]4C2=O)cc1. The fourth-order valence-electron chi connectivity index (χ4n) is 5.00. The van der Waals surface area contributed by atoms with Gasteiger partial charge >= 0.3 is 0 Å². The number of ether oxygens (including phenoxy) is 1. The molecule has 5 rings (SSSR count). The first kappa shape index (κ1) is 19.1. The molecule has 0 saturated carbocycles. The predicted molar refractivity (Wildman–Crippen MR) is 112 cm³/mol. The summed E-state index contributed by atoms with van der Waals surface area (Å²) >= 11 is 0. The molecule has 4 heterocycles. The van der Waals surface area contributed by atoms with E-state index in [9.17, 15) is 9.59 Å². The summed E-state index contributed by atoms with van der Waals surface area (Å²) in [6.07, 6.45) is 5.25. The maximum atomic E-state index is 13.5. The lowest BCUT2D eigenvalue weighted by atomic mass is 9.76. The van der Waals surface area contributed by atoms with Crippen molar-refractivity contribution in [2.45, 2.75) is 38.0 Å². The molecule has 30 heavy (non-hydrogen) atoms. The van der Waals surface area contributed by atoms with Crippen molar-refractivity contribution >= 4 is 17.5 Å². The largest absolute Gasteiger partial charge is 0.360 e. The first-order valence-electron chi connectivity index (χ1n) is 10.4. The lowest BCUT2D eigenvalue weighted by molar-refractivity contribution is -0.139. The van der Waals surface area contributed by atoms with E-state index < -0.39 is 17.4 Å². The number of benzene rings is 1. The summed E-state index contributed by atoms with van der Waals surface area (Å²) in [5.74, 6) is -0.673. The number of nitrogens with zero attached hydrogens (tertiary/aromatic N) is 3. The van der Waals surface area contributed by atoms with Crippen LogP contribution in [0.4, 0.5) is 5.69 Å². The smallest absolute Gasteiger partial charge is 0.234 e. The minimum Gasteiger partial charge on any atom is -0.360 e. The Morgan fingerprint density at radius 1 is 1.33 bits per heavy atom. The number of fused-ring (bicyclic) bond motifs is 1. The fraction of sp³-hybridized carbons (Fsp3) is 0.435. The Bertz CT molecular complexity index is 998. The number of amides is 2. The van der Waals surface area contributed by atoms with E-state index in [4.69, 9.17) is 4.74 Å². The van der Waals surface area contributed by atoms with Gasteiger partial charge in [-0.05, 0) is 29.7 Å². The van der Waals surface area contributed by atoms with Crippen LogP contribution in [-0.4, -0.2) is 52.2 Å². The number of carbonyl (C=O) groups excluding carboxylic acids is 2. The van der Waals surface area contributed by atoms with E-state index >= 15 is 0 Å². The Labute approximate surface area is 175 Å². The van der Waals surface area contributed by atoms with Gasteiger partial charge in [0.05, 0.1) is 36.7 Å². The minimum absolute atomic E-state index is 0.0348. The highest BCUT2D eigenvalue weighted by Crippen LogP contribution is 2.53.